The average Bonchev–Trinajstić information content (AvgIpc) is 2.15. The zero-order chi connectivity index (χ0) is 6.69. The number of hydrogen-bond donors (Lipinski definition) is 1. The maximum atomic E-state index is 8.87. The van der Waals surface area contributed by atoms with E-state index in [0.29, 0.717) is 6.42 Å². The summed E-state index contributed by atoms with van der Waals surface area (Å²) in [6.07, 6.45) is 0.348. The fourth-order valence-electron chi connectivity index (χ4n) is 0.602. The van der Waals surface area contributed by atoms with Crippen LogP contribution in [0.15, 0.2) is 5.38 Å². The van der Waals surface area contributed by atoms with Crippen LogP contribution >= 0.6 is 11.3 Å². The van der Waals surface area contributed by atoms with E-state index in [0.717, 1.165) is 5.69 Å². The highest BCUT2D eigenvalue weighted by molar-refractivity contribution is 7.07. The number of aliphatic hydroxyl groups excluding tert-OH is 1. The molecule has 0 bridgehead atoms. The third-order valence-electron chi connectivity index (χ3n) is 0.941. The minimum absolute atomic E-state index is 0.291. The molecule has 0 saturated carbocycles. The Balaban J connectivity index is 2.48. The molecule has 2 nitrogen and oxygen atoms in total. The normalized spacial score (nSPS) is 13.6. The van der Waals surface area contributed by atoms with Gasteiger partial charge >= 0.3 is 0 Å². The molecule has 1 aromatic heterocycles. The van der Waals surface area contributed by atoms with E-state index in [9.17, 15) is 0 Å². The summed E-state index contributed by atoms with van der Waals surface area (Å²) < 4.78 is 0. The van der Waals surface area contributed by atoms with Gasteiger partial charge in [-0.15, -0.1) is 11.3 Å². The average molecular weight is 142 g/mol. The molecule has 0 saturated heterocycles. The lowest BCUT2D eigenvalue weighted by molar-refractivity contribution is 0.194. The highest BCUT2D eigenvalue weighted by atomic mass is 32.1. The first-order chi connectivity index (χ1) is 4.29. The van der Waals surface area contributed by atoms with Crippen molar-refractivity contribution in [1.82, 2.24) is 4.98 Å². The number of aliphatic hydroxyl groups is 1. The van der Waals surface area contributed by atoms with Crippen molar-refractivity contribution < 1.29 is 5.11 Å². The van der Waals surface area contributed by atoms with E-state index in [-0.39, 0.29) is 6.10 Å². The Bertz CT molecular complexity index is 160. The summed E-state index contributed by atoms with van der Waals surface area (Å²) in [5, 5.41) is 10.8. The van der Waals surface area contributed by atoms with Crippen LogP contribution in [0.1, 0.15) is 12.6 Å². The lowest BCUT2D eigenvalue weighted by Gasteiger charge is -1.97. The van der Waals surface area contributed by atoms with Crippen molar-refractivity contribution in [2.75, 3.05) is 0 Å². The van der Waals surface area contributed by atoms with Crippen molar-refractivity contribution >= 4 is 11.3 Å². The van der Waals surface area contributed by atoms with Gasteiger partial charge in [0, 0.05) is 11.8 Å². The smallest absolute Gasteiger partial charge is 0.152 e. The van der Waals surface area contributed by atoms with Gasteiger partial charge in [-0.05, 0) is 6.92 Å². The van der Waals surface area contributed by atoms with Crippen LogP contribution in [0.2, 0.25) is 0 Å². The van der Waals surface area contributed by atoms with Gasteiger partial charge in [0.25, 0.3) is 0 Å². The molecule has 0 amide bonds. The largest absolute Gasteiger partial charge is 0.393 e. The Labute approximate surface area is 58.2 Å². The van der Waals surface area contributed by atoms with Crippen molar-refractivity contribution in [3.63, 3.8) is 0 Å². The van der Waals surface area contributed by atoms with E-state index in [2.05, 4.69) is 10.5 Å². The maximum Gasteiger partial charge on any atom is 0.152 e. The fraction of sp³-hybridized carbons (Fsp3) is 0.500. The number of aromatic nitrogens is 1. The highest BCUT2D eigenvalue weighted by Crippen LogP contribution is 2.02. The minimum atomic E-state index is -0.291. The SMILES string of the molecule is CC(O)Cc1cs[c]n1. The summed E-state index contributed by atoms with van der Waals surface area (Å²) in [6.45, 7) is 1.75. The first-order valence-corrected chi connectivity index (χ1v) is 3.65. The van der Waals surface area contributed by atoms with Crippen molar-refractivity contribution in [3.05, 3.63) is 16.6 Å². The zero-order valence-electron chi connectivity index (χ0n) is 5.16. The second kappa shape index (κ2) is 2.94. The summed E-state index contributed by atoms with van der Waals surface area (Å²) in [5.41, 5.74) is 3.64. The summed E-state index contributed by atoms with van der Waals surface area (Å²) >= 11 is 1.43. The molecule has 1 rings (SSSR count). The number of hydrogen-bond acceptors (Lipinski definition) is 3. The molecule has 1 unspecified atom stereocenters. The predicted molar refractivity (Wildman–Crippen MR) is 36.3 cm³/mol. The Hall–Kier alpha value is -0.410. The maximum absolute atomic E-state index is 8.87. The van der Waals surface area contributed by atoms with Gasteiger partial charge in [0.05, 0.1) is 11.8 Å². The minimum Gasteiger partial charge on any atom is -0.393 e. The standard InChI is InChI=1S/C6H8NOS/c1-5(8)2-6-3-9-4-7-6/h3,5,8H,2H2,1H3. The first-order valence-electron chi connectivity index (χ1n) is 2.77. The zero-order valence-corrected chi connectivity index (χ0v) is 5.98. The molecule has 0 aliphatic carbocycles. The summed E-state index contributed by atoms with van der Waals surface area (Å²) in [7, 11) is 0. The van der Waals surface area contributed by atoms with E-state index in [4.69, 9.17) is 5.11 Å². The Morgan fingerprint density at radius 3 is 3.22 bits per heavy atom. The molecule has 49 valence electrons. The topological polar surface area (TPSA) is 33.1 Å². The van der Waals surface area contributed by atoms with Gasteiger partial charge in [0.2, 0.25) is 0 Å². The summed E-state index contributed by atoms with van der Waals surface area (Å²) in [4.78, 5) is 3.89. The summed E-state index contributed by atoms with van der Waals surface area (Å²) in [5.74, 6) is 0. The number of nitrogens with zero attached hydrogens (tertiary/aromatic N) is 1. The van der Waals surface area contributed by atoms with Crippen LogP contribution < -0.4 is 0 Å². The molecule has 3 heteroatoms. The Morgan fingerprint density at radius 1 is 2.00 bits per heavy atom. The monoisotopic (exact) mass is 142 g/mol. The lowest BCUT2D eigenvalue weighted by Crippen LogP contribution is -2.03. The van der Waals surface area contributed by atoms with Crippen LogP contribution in [-0.2, 0) is 6.42 Å². The van der Waals surface area contributed by atoms with E-state index in [1.807, 2.05) is 5.38 Å². The van der Waals surface area contributed by atoms with Crippen LogP contribution in [0.4, 0.5) is 0 Å². The molecule has 1 radical (unpaired) electrons. The van der Waals surface area contributed by atoms with Gasteiger partial charge in [-0.25, -0.2) is 4.98 Å². The van der Waals surface area contributed by atoms with Crippen LogP contribution in [0, 0.1) is 5.51 Å². The lowest BCUT2D eigenvalue weighted by atomic mass is 10.2. The Morgan fingerprint density at radius 2 is 2.78 bits per heavy atom. The number of thiazole rings is 1. The first kappa shape index (κ1) is 6.71. The molecular formula is C6H8NOS. The molecule has 0 aliphatic rings. The quantitative estimate of drug-likeness (QED) is 0.664. The van der Waals surface area contributed by atoms with Gasteiger partial charge in [-0.2, -0.15) is 0 Å². The van der Waals surface area contributed by atoms with Gasteiger partial charge in [-0.3, -0.25) is 0 Å². The summed E-state index contributed by atoms with van der Waals surface area (Å²) in [6, 6.07) is 0. The second-order valence-electron chi connectivity index (χ2n) is 1.98. The van der Waals surface area contributed by atoms with Crippen LogP contribution in [0.3, 0.4) is 0 Å². The molecule has 0 spiro atoms. The second-order valence-corrected chi connectivity index (χ2v) is 2.64. The van der Waals surface area contributed by atoms with Crippen molar-refractivity contribution in [1.29, 1.82) is 0 Å². The molecule has 0 aliphatic heterocycles. The van der Waals surface area contributed by atoms with Gasteiger partial charge in [0.15, 0.2) is 5.51 Å². The van der Waals surface area contributed by atoms with Gasteiger partial charge < -0.3 is 5.11 Å². The molecule has 9 heavy (non-hydrogen) atoms. The molecule has 1 aromatic rings. The van der Waals surface area contributed by atoms with Crippen LogP contribution in [-0.4, -0.2) is 16.2 Å². The molecule has 0 aromatic carbocycles. The molecule has 1 heterocycles. The van der Waals surface area contributed by atoms with Gasteiger partial charge in [0.1, 0.15) is 0 Å². The van der Waals surface area contributed by atoms with Crippen molar-refractivity contribution in [3.8, 4) is 0 Å². The number of rotatable bonds is 2. The van der Waals surface area contributed by atoms with Crippen molar-refractivity contribution in [2.45, 2.75) is 19.4 Å². The van der Waals surface area contributed by atoms with E-state index < -0.39 is 0 Å². The third-order valence-corrected chi connectivity index (χ3v) is 1.53. The van der Waals surface area contributed by atoms with E-state index in [1.54, 1.807) is 6.92 Å². The molecule has 0 fully saturated rings. The molecule has 1 atom stereocenters. The van der Waals surface area contributed by atoms with E-state index >= 15 is 0 Å². The highest BCUT2D eigenvalue weighted by Gasteiger charge is 1.98. The predicted octanol–water partition coefficient (Wildman–Crippen LogP) is 0.867. The Kier molecular flexibility index (Phi) is 2.19. The van der Waals surface area contributed by atoms with Crippen LogP contribution in [0.25, 0.3) is 0 Å². The fourth-order valence-corrected chi connectivity index (χ4v) is 1.11. The van der Waals surface area contributed by atoms with Gasteiger partial charge in [-0.1, -0.05) is 0 Å². The van der Waals surface area contributed by atoms with Crippen molar-refractivity contribution in [2.24, 2.45) is 0 Å². The molecule has 1 N–H and O–H groups in total. The molecular weight excluding hydrogens is 134 g/mol. The third kappa shape index (κ3) is 2.11. The van der Waals surface area contributed by atoms with E-state index in [1.165, 1.54) is 11.3 Å². The van der Waals surface area contributed by atoms with Crippen LogP contribution in [0.5, 0.6) is 0 Å².